The smallest absolute Gasteiger partial charge is 0.00978 e. The van der Waals surface area contributed by atoms with Gasteiger partial charge in [0.05, 0.1) is 0 Å². The van der Waals surface area contributed by atoms with Crippen LogP contribution < -0.4 is 0 Å². The quantitative estimate of drug-likeness (QED) is 0.654. The van der Waals surface area contributed by atoms with E-state index in [-0.39, 0.29) is 0 Å². The summed E-state index contributed by atoms with van der Waals surface area (Å²) in [6.07, 6.45) is 16.5. The van der Waals surface area contributed by atoms with Crippen LogP contribution in [0.1, 0.15) is 70.6 Å². The molecule has 2 rings (SSSR count). The fourth-order valence-corrected chi connectivity index (χ4v) is 4.02. The van der Waals surface area contributed by atoms with E-state index in [1.165, 1.54) is 44.9 Å². The maximum absolute atomic E-state index is 4.33. The van der Waals surface area contributed by atoms with Crippen LogP contribution in [0, 0.1) is 11.3 Å². The van der Waals surface area contributed by atoms with Crippen LogP contribution >= 0.6 is 12.6 Å². The minimum Gasteiger partial charge on any atom is -0.179 e. The Labute approximate surface area is 101 Å². The Kier molecular flexibility index (Phi) is 4.42. The number of thiol groups is 1. The molecule has 0 heterocycles. The number of hydrogen-bond donors (Lipinski definition) is 1. The first-order chi connectivity index (χ1) is 7.35. The molecule has 2 saturated carbocycles. The molecule has 0 amide bonds. The average molecular weight is 226 g/mol. The predicted octanol–water partition coefficient (Wildman–Crippen LogP) is 4.84. The van der Waals surface area contributed by atoms with Crippen LogP contribution in [-0.2, 0) is 0 Å². The lowest BCUT2D eigenvalue weighted by Crippen LogP contribution is -2.14. The van der Waals surface area contributed by atoms with Gasteiger partial charge in [-0.05, 0) is 62.0 Å². The highest BCUT2D eigenvalue weighted by atomic mass is 32.1. The highest BCUT2D eigenvalue weighted by Crippen LogP contribution is 2.49. The van der Waals surface area contributed by atoms with Crippen LogP contribution in [0.25, 0.3) is 0 Å². The zero-order valence-electron chi connectivity index (χ0n) is 10.0. The number of hydrogen-bond acceptors (Lipinski definition) is 1. The minimum atomic E-state index is 0.815. The highest BCUT2D eigenvalue weighted by Gasteiger charge is 2.35. The van der Waals surface area contributed by atoms with Crippen molar-refractivity contribution in [3.8, 4) is 0 Å². The van der Waals surface area contributed by atoms with Gasteiger partial charge in [-0.15, -0.1) is 0 Å². The SMILES string of the molecule is SCCCC1CCCC2(CCCC2)CC1. The first-order valence-electron chi connectivity index (χ1n) is 6.96. The van der Waals surface area contributed by atoms with E-state index in [1.807, 2.05) is 0 Å². The molecular weight excluding hydrogens is 200 g/mol. The second kappa shape index (κ2) is 5.61. The summed E-state index contributed by atoms with van der Waals surface area (Å²) in [5.74, 6) is 2.12. The van der Waals surface area contributed by atoms with Gasteiger partial charge in [0.1, 0.15) is 0 Å². The van der Waals surface area contributed by atoms with Crippen LogP contribution in [0.4, 0.5) is 0 Å². The van der Waals surface area contributed by atoms with E-state index < -0.39 is 0 Å². The molecule has 0 radical (unpaired) electrons. The van der Waals surface area contributed by atoms with E-state index in [0.29, 0.717) is 0 Å². The fraction of sp³-hybridized carbons (Fsp3) is 1.00. The summed E-state index contributed by atoms with van der Waals surface area (Å²) < 4.78 is 0. The molecule has 0 N–H and O–H groups in total. The largest absolute Gasteiger partial charge is 0.179 e. The Morgan fingerprint density at radius 2 is 1.67 bits per heavy atom. The molecule has 0 aromatic heterocycles. The normalized spacial score (nSPS) is 30.6. The molecule has 88 valence electrons. The Morgan fingerprint density at radius 1 is 0.933 bits per heavy atom. The van der Waals surface area contributed by atoms with Gasteiger partial charge < -0.3 is 0 Å². The van der Waals surface area contributed by atoms with Gasteiger partial charge in [0.25, 0.3) is 0 Å². The Hall–Kier alpha value is 0.350. The summed E-state index contributed by atoms with van der Waals surface area (Å²) >= 11 is 4.33. The van der Waals surface area contributed by atoms with Crippen molar-refractivity contribution in [2.45, 2.75) is 70.6 Å². The van der Waals surface area contributed by atoms with Crippen LogP contribution in [0.5, 0.6) is 0 Å². The highest BCUT2D eigenvalue weighted by molar-refractivity contribution is 7.80. The molecule has 1 heteroatoms. The van der Waals surface area contributed by atoms with Gasteiger partial charge in [-0.1, -0.05) is 25.7 Å². The van der Waals surface area contributed by atoms with Crippen LogP contribution in [0.3, 0.4) is 0 Å². The predicted molar refractivity (Wildman–Crippen MR) is 70.6 cm³/mol. The zero-order valence-corrected chi connectivity index (χ0v) is 10.9. The van der Waals surface area contributed by atoms with Crippen LogP contribution in [0.15, 0.2) is 0 Å². The Morgan fingerprint density at radius 3 is 2.40 bits per heavy atom. The van der Waals surface area contributed by atoms with Crippen molar-refractivity contribution in [2.24, 2.45) is 11.3 Å². The van der Waals surface area contributed by atoms with E-state index >= 15 is 0 Å². The Bertz CT molecular complexity index is 182. The summed E-state index contributed by atoms with van der Waals surface area (Å²) in [5, 5.41) is 0. The molecule has 1 unspecified atom stereocenters. The molecule has 2 aliphatic carbocycles. The molecule has 1 spiro atoms. The third-order valence-electron chi connectivity index (χ3n) is 4.84. The fourth-order valence-electron chi connectivity index (χ4n) is 3.84. The van der Waals surface area contributed by atoms with Crippen molar-refractivity contribution in [3.05, 3.63) is 0 Å². The maximum Gasteiger partial charge on any atom is -0.00978 e. The third kappa shape index (κ3) is 3.15. The second-order valence-electron chi connectivity index (χ2n) is 5.87. The molecule has 0 nitrogen and oxygen atoms in total. The molecular formula is C14H26S. The molecule has 1 atom stereocenters. The molecule has 0 bridgehead atoms. The van der Waals surface area contributed by atoms with Crippen molar-refractivity contribution in [3.63, 3.8) is 0 Å². The standard InChI is InChI=1S/C14H26S/c15-12-4-6-13-5-3-10-14(11-7-13)8-1-2-9-14/h13,15H,1-12H2. The van der Waals surface area contributed by atoms with Crippen LogP contribution in [0.2, 0.25) is 0 Å². The monoisotopic (exact) mass is 226 g/mol. The van der Waals surface area contributed by atoms with Gasteiger partial charge in [0.15, 0.2) is 0 Å². The Balaban J connectivity index is 1.81. The summed E-state index contributed by atoms with van der Waals surface area (Å²) in [4.78, 5) is 0. The maximum atomic E-state index is 4.33. The van der Waals surface area contributed by atoms with Gasteiger partial charge >= 0.3 is 0 Å². The molecule has 0 aliphatic heterocycles. The van der Waals surface area contributed by atoms with Gasteiger partial charge in [0.2, 0.25) is 0 Å². The van der Waals surface area contributed by atoms with E-state index in [2.05, 4.69) is 12.6 Å². The first-order valence-corrected chi connectivity index (χ1v) is 7.59. The van der Waals surface area contributed by atoms with Crippen molar-refractivity contribution in [1.29, 1.82) is 0 Å². The lowest BCUT2D eigenvalue weighted by Gasteiger charge is -2.27. The summed E-state index contributed by atoms with van der Waals surface area (Å²) in [6, 6.07) is 0. The summed E-state index contributed by atoms with van der Waals surface area (Å²) in [6.45, 7) is 0. The molecule has 0 saturated heterocycles. The van der Waals surface area contributed by atoms with Gasteiger partial charge in [-0.2, -0.15) is 12.6 Å². The summed E-state index contributed by atoms with van der Waals surface area (Å²) in [5.41, 5.74) is 0.815. The van der Waals surface area contributed by atoms with Crippen molar-refractivity contribution >= 4 is 12.6 Å². The topological polar surface area (TPSA) is 0 Å². The lowest BCUT2D eigenvalue weighted by molar-refractivity contribution is 0.248. The van der Waals surface area contributed by atoms with Crippen molar-refractivity contribution in [1.82, 2.24) is 0 Å². The van der Waals surface area contributed by atoms with E-state index in [4.69, 9.17) is 0 Å². The summed E-state index contributed by atoms with van der Waals surface area (Å²) in [7, 11) is 0. The first kappa shape index (κ1) is 11.8. The van der Waals surface area contributed by atoms with E-state index in [1.54, 1.807) is 25.7 Å². The van der Waals surface area contributed by atoms with Crippen LogP contribution in [-0.4, -0.2) is 5.75 Å². The lowest BCUT2D eigenvalue weighted by atomic mass is 9.78. The molecule has 2 aliphatic rings. The third-order valence-corrected chi connectivity index (χ3v) is 5.15. The zero-order chi connectivity index (χ0) is 10.6. The molecule has 2 fully saturated rings. The van der Waals surface area contributed by atoms with E-state index in [0.717, 1.165) is 17.1 Å². The van der Waals surface area contributed by atoms with Crippen molar-refractivity contribution < 1.29 is 0 Å². The van der Waals surface area contributed by atoms with Crippen molar-refractivity contribution in [2.75, 3.05) is 5.75 Å². The number of rotatable bonds is 3. The van der Waals surface area contributed by atoms with Gasteiger partial charge in [-0.25, -0.2) is 0 Å². The molecule has 15 heavy (non-hydrogen) atoms. The molecule has 0 aromatic rings. The van der Waals surface area contributed by atoms with E-state index in [9.17, 15) is 0 Å². The van der Waals surface area contributed by atoms with Gasteiger partial charge in [0, 0.05) is 0 Å². The molecule has 0 aromatic carbocycles. The van der Waals surface area contributed by atoms with Gasteiger partial charge in [-0.3, -0.25) is 0 Å². The average Bonchev–Trinajstić information content (AvgIpc) is 2.60. The minimum absolute atomic E-state index is 0.815. The second-order valence-corrected chi connectivity index (χ2v) is 6.32.